The van der Waals surface area contributed by atoms with Crippen molar-refractivity contribution in [2.24, 2.45) is 0 Å². The third-order valence-electron chi connectivity index (χ3n) is 5.86. The van der Waals surface area contributed by atoms with E-state index < -0.39 is 48.0 Å². The number of alkyl halides is 10. The molecule has 0 bridgehead atoms. The molecule has 0 spiro atoms. The van der Waals surface area contributed by atoms with Crippen LogP contribution >= 0.6 is 22.6 Å². The molecule has 1 aliphatic carbocycles. The van der Waals surface area contributed by atoms with E-state index in [1.54, 1.807) is 0 Å². The van der Waals surface area contributed by atoms with Gasteiger partial charge in [-0.15, -0.1) is 0 Å². The van der Waals surface area contributed by atoms with E-state index in [-0.39, 0.29) is 17.9 Å². The van der Waals surface area contributed by atoms with Crippen LogP contribution in [0.15, 0.2) is 0 Å². The lowest BCUT2D eigenvalue weighted by atomic mass is 9.90. The number of unbranched alkanes of at least 4 members (excludes halogenated alkanes) is 1. The molecule has 0 saturated heterocycles. The summed E-state index contributed by atoms with van der Waals surface area (Å²) in [5.74, 6) is -25.4. The first-order chi connectivity index (χ1) is 12.6. The molecule has 29 heavy (non-hydrogen) atoms. The van der Waals surface area contributed by atoms with Crippen molar-refractivity contribution in [3.05, 3.63) is 0 Å². The Morgan fingerprint density at radius 2 is 1.21 bits per heavy atom. The molecule has 12 heteroatoms. The van der Waals surface area contributed by atoms with E-state index in [4.69, 9.17) is 4.43 Å². The minimum Gasteiger partial charge on any atom is -0.417 e. The van der Waals surface area contributed by atoms with Gasteiger partial charge in [0.2, 0.25) is 0 Å². The van der Waals surface area contributed by atoms with Gasteiger partial charge in [0.1, 0.15) is 0 Å². The molecule has 0 amide bonds. The summed E-state index contributed by atoms with van der Waals surface area (Å²) in [6.45, 7) is 10.4. The summed E-state index contributed by atoms with van der Waals surface area (Å²) in [6.07, 6.45) is -1.25. The summed E-state index contributed by atoms with van der Waals surface area (Å²) in [7, 11) is -2.02. The van der Waals surface area contributed by atoms with Crippen molar-refractivity contribution in [2.75, 3.05) is 6.61 Å². The van der Waals surface area contributed by atoms with Gasteiger partial charge < -0.3 is 4.43 Å². The Labute approximate surface area is 179 Å². The average molecular weight is 572 g/mol. The Morgan fingerprint density at radius 1 is 0.793 bits per heavy atom. The fourth-order valence-electron chi connectivity index (χ4n) is 2.76. The summed E-state index contributed by atoms with van der Waals surface area (Å²) >= 11 is 1.35. The molecule has 174 valence electrons. The maximum atomic E-state index is 14.5. The predicted octanol–water partition coefficient (Wildman–Crippen LogP) is 7.64. The smallest absolute Gasteiger partial charge is 0.381 e. The molecule has 0 radical (unpaired) electrons. The van der Waals surface area contributed by atoms with Crippen molar-refractivity contribution in [3.63, 3.8) is 0 Å². The number of hydrogen-bond donors (Lipinski definition) is 0. The monoisotopic (exact) mass is 572 g/mol. The molecule has 0 heterocycles. The summed E-state index contributed by atoms with van der Waals surface area (Å²) in [5, 5.41) is -0.0461. The molecule has 0 N–H and O–H groups in total. The van der Waals surface area contributed by atoms with Crippen LogP contribution in [0.4, 0.5) is 39.5 Å². The lowest BCUT2D eigenvalue weighted by Gasteiger charge is -2.36. The Hall–Kier alpha value is 0.277. The summed E-state index contributed by atoms with van der Waals surface area (Å²) < 4.78 is 127. The zero-order valence-electron chi connectivity index (χ0n) is 16.8. The minimum absolute atomic E-state index is 0.0461. The molecule has 1 atom stereocenters. The largest absolute Gasteiger partial charge is 0.417 e. The van der Waals surface area contributed by atoms with Crippen molar-refractivity contribution in [3.8, 4) is 0 Å². The lowest BCUT2D eigenvalue weighted by molar-refractivity contribution is -0.303. The Balaban J connectivity index is 2.73. The third kappa shape index (κ3) is 4.19. The highest BCUT2D eigenvalue weighted by Crippen LogP contribution is 2.70. The Kier molecular flexibility index (Phi) is 7.54. The number of hydrogen-bond acceptors (Lipinski definition) is 1. The minimum atomic E-state index is -6.49. The van der Waals surface area contributed by atoms with Gasteiger partial charge in [-0.3, -0.25) is 0 Å². The van der Waals surface area contributed by atoms with Crippen molar-refractivity contribution < 1.29 is 43.9 Å². The fourth-order valence-corrected chi connectivity index (χ4v) is 4.90. The van der Waals surface area contributed by atoms with Crippen molar-refractivity contribution in [1.29, 1.82) is 0 Å². The maximum Gasteiger partial charge on any atom is 0.381 e. The topological polar surface area (TPSA) is 9.23 Å². The summed E-state index contributed by atoms with van der Waals surface area (Å²) in [5.41, 5.74) is -5.35. The van der Waals surface area contributed by atoms with Gasteiger partial charge in [-0.05, 0) is 31.0 Å². The molecular weight excluding hydrogens is 546 g/mol. The standard InChI is InChI=1S/C17H26F9IOSi/c1-12(2,3)29(4,5)28-9-7-6-8-11(27)10-13(18)14(19,20)16(23,24)17(25,26)15(13,21)22/h11H,6-10H2,1-5H3. The normalized spacial score (nSPS) is 25.8. The first-order valence-corrected chi connectivity index (χ1v) is 13.2. The highest BCUT2D eigenvalue weighted by Gasteiger charge is 3.00. The van der Waals surface area contributed by atoms with Crippen LogP contribution in [-0.2, 0) is 4.43 Å². The van der Waals surface area contributed by atoms with Crippen LogP contribution in [0.25, 0.3) is 0 Å². The first-order valence-electron chi connectivity index (χ1n) is 9.08. The van der Waals surface area contributed by atoms with Crippen LogP contribution in [0.5, 0.6) is 0 Å². The molecule has 0 aliphatic heterocycles. The summed E-state index contributed by atoms with van der Waals surface area (Å²) in [4.78, 5) is 0. The van der Waals surface area contributed by atoms with E-state index in [0.29, 0.717) is 13.0 Å². The SMILES string of the molecule is CC(C)(C)[Si](C)(C)OCCCCC(I)CC1(F)C(F)(F)C(F)(F)C(F)(F)C1(F)F. The Morgan fingerprint density at radius 3 is 1.59 bits per heavy atom. The van der Waals surface area contributed by atoms with Crippen LogP contribution in [0, 0.1) is 0 Å². The van der Waals surface area contributed by atoms with E-state index in [1.807, 2.05) is 33.9 Å². The number of rotatable bonds is 8. The van der Waals surface area contributed by atoms with Gasteiger partial charge in [0.15, 0.2) is 8.32 Å². The van der Waals surface area contributed by atoms with Crippen molar-refractivity contribution >= 4 is 30.9 Å². The molecule has 0 aromatic carbocycles. The average Bonchev–Trinajstić information content (AvgIpc) is 2.56. The van der Waals surface area contributed by atoms with Crippen LogP contribution in [-0.4, -0.2) is 48.2 Å². The van der Waals surface area contributed by atoms with Gasteiger partial charge in [0.25, 0.3) is 5.67 Å². The molecule has 1 nitrogen and oxygen atoms in total. The maximum absolute atomic E-state index is 14.5. The molecular formula is C17H26F9IOSi. The van der Waals surface area contributed by atoms with Crippen molar-refractivity contribution in [2.45, 2.75) is 97.9 Å². The van der Waals surface area contributed by atoms with E-state index in [2.05, 4.69) is 0 Å². The summed E-state index contributed by atoms with van der Waals surface area (Å²) in [6, 6.07) is 0. The predicted molar refractivity (Wildman–Crippen MR) is 103 cm³/mol. The molecule has 1 fully saturated rings. The molecule has 1 saturated carbocycles. The van der Waals surface area contributed by atoms with Gasteiger partial charge >= 0.3 is 23.7 Å². The van der Waals surface area contributed by atoms with Gasteiger partial charge in [-0.25, -0.2) is 4.39 Å². The molecule has 1 unspecified atom stereocenters. The molecule has 1 aliphatic rings. The Bertz CT molecular complexity index is 564. The van der Waals surface area contributed by atoms with Gasteiger partial charge in [-0.2, -0.15) is 35.1 Å². The zero-order valence-corrected chi connectivity index (χ0v) is 20.0. The van der Waals surface area contributed by atoms with Crippen molar-refractivity contribution in [1.82, 2.24) is 0 Å². The van der Waals surface area contributed by atoms with E-state index >= 15 is 0 Å². The lowest BCUT2D eigenvalue weighted by Crippen LogP contribution is -2.55. The highest BCUT2D eigenvalue weighted by atomic mass is 127. The second-order valence-corrected chi connectivity index (χ2v) is 15.6. The second kappa shape index (κ2) is 8.00. The molecule has 1 rings (SSSR count). The van der Waals surface area contributed by atoms with Gasteiger partial charge in [-0.1, -0.05) is 49.8 Å². The first kappa shape index (κ1) is 27.3. The quantitative estimate of drug-likeness (QED) is 0.0956. The van der Waals surface area contributed by atoms with Crippen LogP contribution in [0.2, 0.25) is 18.1 Å². The van der Waals surface area contributed by atoms with Gasteiger partial charge in [0, 0.05) is 17.0 Å². The van der Waals surface area contributed by atoms with E-state index in [9.17, 15) is 39.5 Å². The second-order valence-electron chi connectivity index (χ2n) is 9.00. The molecule has 0 aromatic rings. The van der Waals surface area contributed by atoms with E-state index in [0.717, 1.165) is 0 Å². The highest BCUT2D eigenvalue weighted by molar-refractivity contribution is 14.1. The van der Waals surface area contributed by atoms with E-state index in [1.165, 1.54) is 22.6 Å². The van der Waals surface area contributed by atoms with Gasteiger partial charge in [0.05, 0.1) is 0 Å². The van der Waals surface area contributed by atoms with Crippen LogP contribution < -0.4 is 0 Å². The third-order valence-corrected chi connectivity index (χ3v) is 11.5. The van der Waals surface area contributed by atoms with Crippen LogP contribution in [0.3, 0.4) is 0 Å². The number of halogens is 10. The fraction of sp³-hybridized carbons (Fsp3) is 1.00. The van der Waals surface area contributed by atoms with Crippen LogP contribution in [0.1, 0.15) is 46.5 Å². The molecule has 0 aromatic heterocycles. The zero-order chi connectivity index (χ0) is 23.3.